The average Bonchev–Trinajstić information content (AvgIpc) is 2.64. The van der Waals surface area contributed by atoms with Crippen molar-refractivity contribution in [2.75, 3.05) is 23.4 Å². The molecule has 0 saturated carbocycles. The maximum Gasteiger partial charge on any atom is 0.236 e. The van der Waals surface area contributed by atoms with E-state index in [1.807, 2.05) is 13.8 Å². The number of hydrogen-bond donors (Lipinski definition) is 1. The van der Waals surface area contributed by atoms with E-state index in [-0.39, 0.29) is 18.4 Å². The highest BCUT2D eigenvalue weighted by Crippen LogP contribution is 2.38. The van der Waals surface area contributed by atoms with E-state index in [1.165, 1.54) is 0 Å². The van der Waals surface area contributed by atoms with E-state index in [4.69, 9.17) is 4.74 Å². The molecule has 0 aromatic heterocycles. The number of anilines is 2. The maximum absolute atomic E-state index is 12.7. The molecular formula is C19H24N2O3. The molecule has 1 heterocycles. The third-order valence-corrected chi connectivity index (χ3v) is 3.83. The standard InChI is InChI=1S/C19H24N2O3/c1-5-7-8-17(22)20-14-9-10-15-16(12-14)24-13-19(3,4)18(23)21(15)11-6-2/h5-6,9-10,12H,1-2,7-8,11,13H2,3-4H3,(H,20,22). The lowest BCUT2D eigenvalue weighted by molar-refractivity contribution is -0.127. The Morgan fingerprint density at radius 2 is 2.12 bits per heavy atom. The SMILES string of the molecule is C=CCCC(=O)Nc1ccc2c(c1)OCC(C)(C)C(=O)N2CC=C. The molecule has 0 unspecified atom stereocenters. The minimum atomic E-state index is -0.630. The van der Waals surface area contributed by atoms with Gasteiger partial charge in [-0.05, 0) is 32.4 Å². The van der Waals surface area contributed by atoms with Crippen LogP contribution in [-0.2, 0) is 9.59 Å². The molecule has 2 amide bonds. The van der Waals surface area contributed by atoms with E-state index < -0.39 is 5.41 Å². The molecule has 0 saturated heterocycles. The summed E-state index contributed by atoms with van der Waals surface area (Å²) in [5.41, 5.74) is 0.707. The second kappa shape index (κ2) is 7.34. The Labute approximate surface area is 143 Å². The first kappa shape index (κ1) is 17.8. The molecule has 0 fully saturated rings. The summed E-state index contributed by atoms with van der Waals surface area (Å²) in [6.07, 6.45) is 4.41. The molecule has 1 aromatic rings. The number of nitrogens with one attached hydrogen (secondary N) is 1. The van der Waals surface area contributed by atoms with Gasteiger partial charge in [-0.1, -0.05) is 12.2 Å². The monoisotopic (exact) mass is 328 g/mol. The first-order valence-electron chi connectivity index (χ1n) is 7.99. The lowest BCUT2D eigenvalue weighted by Gasteiger charge is -2.27. The molecule has 5 heteroatoms. The van der Waals surface area contributed by atoms with Crippen LogP contribution < -0.4 is 15.0 Å². The summed E-state index contributed by atoms with van der Waals surface area (Å²) < 4.78 is 5.85. The largest absolute Gasteiger partial charge is 0.490 e. The highest BCUT2D eigenvalue weighted by molar-refractivity contribution is 6.00. The number of carbonyl (C=O) groups is 2. The molecule has 0 radical (unpaired) electrons. The van der Waals surface area contributed by atoms with Crippen molar-refractivity contribution in [1.29, 1.82) is 0 Å². The molecule has 2 rings (SSSR count). The number of carbonyl (C=O) groups excluding carboxylic acids is 2. The van der Waals surface area contributed by atoms with Crippen LogP contribution in [0.3, 0.4) is 0 Å². The van der Waals surface area contributed by atoms with Gasteiger partial charge in [0.1, 0.15) is 12.4 Å². The number of fused-ring (bicyclic) bond motifs is 1. The Morgan fingerprint density at radius 3 is 2.79 bits per heavy atom. The average molecular weight is 328 g/mol. The van der Waals surface area contributed by atoms with Crippen molar-refractivity contribution >= 4 is 23.2 Å². The van der Waals surface area contributed by atoms with Crippen molar-refractivity contribution in [3.05, 3.63) is 43.5 Å². The topological polar surface area (TPSA) is 58.6 Å². The van der Waals surface area contributed by atoms with Gasteiger partial charge in [0.2, 0.25) is 11.8 Å². The van der Waals surface area contributed by atoms with Crippen LogP contribution in [0.2, 0.25) is 0 Å². The molecule has 1 aliphatic heterocycles. The Balaban J connectivity index is 2.29. The number of ether oxygens (including phenoxy) is 1. The van der Waals surface area contributed by atoms with Crippen LogP contribution in [0.1, 0.15) is 26.7 Å². The smallest absolute Gasteiger partial charge is 0.236 e. The van der Waals surface area contributed by atoms with Gasteiger partial charge in [0.25, 0.3) is 0 Å². The Kier molecular flexibility index (Phi) is 5.44. The van der Waals surface area contributed by atoms with E-state index in [2.05, 4.69) is 18.5 Å². The molecule has 1 N–H and O–H groups in total. The van der Waals surface area contributed by atoms with Crippen LogP contribution in [-0.4, -0.2) is 25.0 Å². The number of rotatable bonds is 6. The fourth-order valence-corrected chi connectivity index (χ4v) is 2.49. The molecule has 0 aliphatic carbocycles. The van der Waals surface area contributed by atoms with Gasteiger partial charge in [0, 0.05) is 24.7 Å². The minimum absolute atomic E-state index is 0.0103. The third kappa shape index (κ3) is 3.85. The number of hydrogen-bond acceptors (Lipinski definition) is 3. The maximum atomic E-state index is 12.7. The first-order chi connectivity index (χ1) is 11.4. The van der Waals surface area contributed by atoms with Crippen molar-refractivity contribution < 1.29 is 14.3 Å². The molecule has 1 aliphatic rings. The lowest BCUT2D eigenvalue weighted by atomic mass is 9.93. The zero-order chi connectivity index (χ0) is 17.7. The molecule has 128 valence electrons. The van der Waals surface area contributed by atoms with Gasteiger partial charge in [0.05, 0.1) is 11.1 Å². The van der Waals surface area contributed by atoms with Crippen molar-refractivity contribution in [2.24, 2.45) is 5.41 Å². The van der Waals surface area contributed by atoms with E-state index in [0.717, 1.165) is 0 Å². The van der Waals surface area contributed by atoms with Crippen LogP contribution in [0, 0.1) is 5.41 Å². The second-order valence-electron chi connectivity index (χ2n) is 6.44. The fraction of sp³-hybridized carbons (Fsp3) is 0.368. The third-order valence-electron chi connectivity index (χ3n) is 3.83. The fourth-order valence-electron chi connectivity index (χ4n) is 2.49. The Bertz CT molecular complexity index is 665. The van der Waals surface area contributed by atoms with Crippen LogP contribution in [0.25, 0.3) is 0 Å². The van der Waals surface area contributed by atoms with Gasteiger partial charge in [-0.2, -0.15) is 0 Å². The highest BCUT2D eigenvalue weighted by atomic mass is 16.5. The summed E-state index contributed by atoms with van der Waals surface area (Å²) >= 11 is 0. The quantitative estimate of drug-likeness (QED) is 0.813. The van der Waals surface area contributed by atoms with Gasteiger partial charge in [-0.15, -0.1) is 13.2 Å². The zero-order valence-electron chi connectivity index (χ0n) is 14.3. The van der Waals surface area contributed by atoms with E-state index in [1.54, 1.807) is 35.3 Å². The normalized spacial score (nSPS) is 15.8. The number of amides is 2. The summed E-state index contributed by atoms with van der Waals surface area (Å²) in [6, 6.07) is 5.32. The van der Waals surface area contributed by atoms with Gasteiger partial charge < -0.3 is 15.0 Å². The second-order valence-corrected chi connectivity index (χ2v) is 6.44. The first-order valence-corrected chi connectivity index (χ1v) is 7.99. The van der Waals surface area contributed by atoms with Crippen LogP contribution >= 0.6 is 0 Å². The number of allylic oxidation sites excluding steroid dienone is 1. The Hall–Kier alpha value is -2.56. The predicted octanol–water partition coefficient (Wildman–Crippen LogP) is 3.53. The van der Waals surface area contributed by atoms with Gasteiger partial charge in [-0.25, -0.2) is 0 Å². The molecule has 0 atom stereocenters. The van der Waals surface area contributed by atoms with Crippen LogP contribution in [0.5, 0.6) is 5.75 Å². The predicted molar refractivity (Wildman–Crippen MR) is 96.3 cm³/mol. The van der Waals surface area contributed by atoms with Crippen molar-refractivity contribution in [2.45, 2.75) is 26.7 Å². The number of nitrogens with zero attached hydrogens (tertiary/aromatic N) is 1. The van der Waals surface area contributed by atoms with E-state index >= 15 is 0 Å². The summed E-state index contributed by atoms with van der Waals surface area (Å²) in [5, 5.41) is 2.84. The van der Waals surface area contributed by atoms with Crippen molar-refractivity contribution in [1.82, 2.24) is 0 Å². The van der Waals surface area contributed by atoms with Gasteiger partial charge in [0.15, 0.2) is 0 Å². The van der Waals surface area contributed by atoms with Gasteiger partial charge >= 0.3 is 0 Å². The van der Waals surface area contributed by atoms with Crippen molar-refractivity contribution in [3.63, 3.8) is 0 Å². The molecule has 1 aromatic carbocycles. The number of benzene rings is 1. The molecule has 24 heavy (non-hydrogen) atoms. The van der Waals surface area contributed by atoms with E-state index in [0.29, 0.717) is 36.5 Å². The Morgan fingerprint density at radius 1 is 1.38 bits per heavy atom. The summed E-state index contributed by atoms with van der Waals surface area (Å²) in [4.78, 5) is 26.2. The zero-order valence-corrected chi connectivity index (χ0v) is 14.3. The van der Waals surface area contributed by atoms with Crippen LogP contribution in [0.15, 0.2) is 43.5 Å². The summed E-state index contributed by atoms with van der Waals surface area (Å²) in [7, 11) is 0. The molecule has 0 bridgehead atoms. The summed E-state index contributed by atoms with van der Waals surface area (Å²) in [5.74, 6) is 0.490. The van der Waals surface area contributed by atoms with Crippen molar-refractivity contribution in [3.8, 4) is 5.75 Å². The molecule has 5 nitrogen and oxygen atoms in total. The highest BCUT2D eigenvalue weighted by Gasteiger charge is 2.37. The van der Waals surface area contributed by atoms with Crippen LogP contribution in [0.4, 0.5) is 11.4 Å². The lowest BCUT2D eigenvalue weighted by Crippen LogP contribution is -2.42. The minimum Gasteiger partial charge on any atom is -0.490 e. The molecular weight excluding hydrogens is 304 g/mol. The van der Waals surface area contributed by atoms with Gasteiger partial charge in [-0.3, -0.25) is 9.59 Å². The molecule has 0 spiro atoms. The van der Waals surface area contributed by atoms with E-state index in [9.17, 15) is 9.59 Å². The summed E-state index contributed by atoms with van der Waals surface area (Å²) in [6.45, 7) is 11.7.